The zero-order chi connectivity index (χ0) is 19.5. The fourth-order valence-electron chi connectivity index (χ4n) is 3.82. The molecule has 2 fully saturated rings. The predicted molar refractivity (Wildman–Crippen MR) is 106 cm³/mol. The number of sulfone groups is 1. The molecule has 0 N–H and O–H groups in total. The lowest BCUT2D eigenvalue weighted by molar-refractivity contribution is 0.0602. The second kappa shape index (κ2) is 6.38. The van der Waals surface area contributed by atoms with Crippen molar-refractivity contribution in [1.82, 2.24) is 14.8 Å². The number of hydrogen-bond donors (Lipinski definition) is 0. The normalized spacial score (nSPS) is 21.2. The van der Waals surface area contributed by atoms with Crippen LogP contribution in [-0.2, 0) is 14.6 Å². The van der Waals surface area contributed by atoms with E-state index in [1.165, 1.54) is 18.4 Å². The molecule has 28 heavy (non-hydrogen) atoms. The summed E-state index contributed by atoms with van der Waals surface area (Å²) >= 11 is 1.52. The zero-order valence-corrected chi connectivity index (χ0v) is 16.9. The SMILES string of the molecule is COC(=O)c1cc(C2CC2)nc2c1c(-c1cccs1)nn2C1CCS(=O)(=O)C1. The van der Waals surface area contributed by atoms with E-state index in [2.05, 4.69) is 0 Å². The highest BCUT2D eigenvalue weighted by Gasteiger charge is 2.35. The Morgan fingerprint density at radius 3 is 2.75 bits per heavy atom. The summed E-state index contributed by atoms with van der Waals surface area (Å²) in [6.45, 7) is 0. The summed E-state index contributed by atoms with van der Waals surface area (Å²) in [5, 5.41) is 7.36. The van der Waals surface area contributed by atoms with Gasteiger partial charge in [0.25, 0.3) is 0 Å². The van der Waals surface area contributed by atoms with Gasteiger partial charge >= 0.3 is 5.97 Å². The Morgan fingerprint density at radius 2 is 2.14 bits per heavy atom. The van der Waals surface area contributed by atoms with Gasteiger partial charge in [0, 0.05) is 11.6 Å². The summed E-state index contributed by atoms with van der Waals surface area (Å²) in [7, 11) is -1.71. The minimum atomic E-state index is -3.08. The molecule has 2 aliphatic rings. The second-order valence-electron chi connectivity index (χ2n) is 7.39. The smallest absolute Gasteiger partial charge is 0.338 e. The van der Waals surface area contributed by atoms with Crippen molar-refractivity contribution in [2.24, 2.45) is 0 Å². The molecule has 146 valence electrons. The fourth-order valence-corrected chi connectivity index (χ4v) is 6.23. The largest absolute Gasteiger partial charge is 0.465 e. The van der Waals surface area contributed by atoms with E-state index < -0.39 is 15.8 Å². The van der Waals surface area contributed by atoms with Gasteiger partial charge in [0.05, 0.1) is 40.5 Å². The van der Waals surface area contributed by atoms with E-state index in [0.29, 0.717) is 34.6 Å². The molecule has 0 spiro atoms. The monoisotopic (exact) mass is 417 g/mol. The molecule has 0 amide bonds. The Bertz CT molecular complexity index is 1180. The predicted octanol–water partition coefficient (Wildman–Crippen LogP) is 3.18. The third-order valence-corrected chi connectivity index (χ3v) is 8.02. The average molecular weight is 418 g/mol. The van der Waals surface area contributed by atoms with E-state index in [1.54, 1.807) is 4.68 Å². The van der Waals surface area contributed by atoms with E-state index in [-0.39, 0.29) is 17.5 Å². The van der Waals surface area contributed by atoms with Crippen LogP contribution >= 0.6 is 11.3 Å². The molecule has 1 saturated carbocycles. The highest BCUT2D eigenvalue weighted by atomic mass is 32.2. The van der Waals surface area contributed by atoms with Crippen molar-refractivity contribution in [3.63, 3.8) is 0 Å². The Balaban J connectivity index is 1.80. The molecule has 4 heterocycles. The average Bonchev–Trinajstić information content (AvgIpc) is 3.09. The first-order valence-electron chi connectivity index (χ1n) is 9.22. The Labute approximate surface area is 166 Å². The van der Waals surface area contributed by atoms with Crippen LogP contribution in [0.25, 0.3) is 21.6 Å². The van der Waals surface area contributed by atoms with E-state index in [0.717, 1.165) is 23.4 Å². The summed E-state index contributed by atoms with van der Waals surface area (Å²) in [6.07, 6.45) is 2.59. The van der Waals surface area contributed by atoms with Gasteiger partial charge in [-0.2, -0.15) is 5.10 Å². The van der Waals surface area contributed by atoms with Gasteiger partial charge in [0.1, 0.15) is 5.69 Å². The molecule has 3 aromatic rings. The minimum Gasteiger partial charge on any atom is -0.465 e. The van der Waals surface area contributed by atoms with Crippen molar-refractivity contribution in [2.75, 3.05) is 18.6 Å². The van der Waals surface area contributed by atoms with E-state index >= 15 is 0 Å². The van der Waals surface area contributed by atoms with Gasteiger partial charge < -0.3 is 4.74 Å². The first-order chi connectivity index (χ1) is 13.5. The molecule has 1 unspecified atom stereocenters. The van der Waals surface area contributed by atoms with Crippen LogP contribution in [0.15, 0.2) is 23.6 Å². The van der Waals surface area contributed by atoms with Crippen LogP contribution in [0, 0.1) is 0 Å². The van der Waals surface area contributed by atoms with Crippen LogP contribution in [0.1, 0.15) is 47.3 Å². The summed E-state index contributed by atoms with van der Waals surface area (Å²) in [5.74, 6) is 0.121. The van der Waals surface area contributed by atoms with Gasteiger partial charge in [-0.05, 0) is 36.8 Å². The number of fused-ring (bicyclic) bond motifs is 1. The molecule has 3 aromatic heterocycles. The number of thiophene rings is 1. The molecule has 0 aromatic carbocycles. The number of ether oxygens (including phenoxy) is 1. The van der Waals surface area contributed by atoms with Crippen molar-refractivity contribution < 1.29 is 17.9 Å². The minimum absolute atomic E-state index is 0.0521. The van der Waals surface area contributed by atoms with Gasteiger partial charge in [0.2, 0.25) is 0 Å². The van der Waals surface area contributed by atoms with Crippen molar-refractivity contribution in [2.45, 2.75) is 31.2 Å². The molecule has 7 nitrogen and oxygen atoms in total. The van der Waals surface area contributed by atoms with Crippen LogP contribution in [0.5, 0.6) is 0 Å². The van der Waals surface area contributed by atoms with Gasteiger partial charge in [-0.1, -0.05) is 6.07 Å². The van der Waals surface area contributed by atoms with Crippen molar-refractivity contribution in [3.8, 4) is 10.6 Å². The standard InChI is InChI=1S/C19H19N3O4S2/c1-26-19(23)13-9-14(11-4-5-11)20-18-16(13)17(15-3-2-7-27-15)21-22(18)12-6-8-28(24,25)10-12/h2-3,7,9,11-12H,4-6,8,10H2,1H3. The highest BCUT2D eigenvalue weighted by molar-refractivity contribution is 7.91. The first kappa shape index (κ1) is 17.8. The number of carbonyl (C=O) groups excluding carboxylic acids is 1. The molecule has 1 aliphatic heterocycles. The number of carbonyl (C=O) groups is 1. The highest BCUT2D eigenvalue weighted by Crippen LogP contribution is 2.42. The topological polar surface area (TPSA) is 91.2 Å². The molecule has 1 saturated heterocycles. The van der Waals surface area contributed by atoms with Crippen LogP contribution < -0.4 is 0 Å². The molecular formula is C19H19N3O4S2. The van der Waals surface area contributed by atoms with Crippen LogP contribution in [0.4, 0.5) is 0 Å². The van der Waals surface area contributed by atoms with Gasteiger partial charge in [-0.3, -0.25) is 0 Å². The third kappa shape index (κ3) is 2.93. The molecule has 1 atom stereocenters. The lowest BCUT2D eigenvalue weighted by Gasteiger charge is -2.11. The van der Waals surface area contributed by atoms with Crippen LogP contribution in [-0.4, -0.2) is 47.8 Å². The number of pyridine rings is 1. The molecule has 9 heteroatoms. The maximum atomic E-state index is 12.6. The summed E-state index contributed by atoms with van der Waals surface area (Å²) in [6, 6.07) is 5.42. The molecule has 0 bridgehead atoms. The number of methoxy groups -OCH3 is 1. The fraction of sp³-hybridized carbons (Fsp3) is 0.421. The van der Waals surface area contributed by atoms with E-state index in [1.807, 2.05) is 23.6 Å². The number of aromatic nitrogens is 3. The van der Waals surface area contributed by atoms with Crippen LogP contribution in [0.2, 0.25) is 0 Å². The molecule has 1 aliphatic carbocycles. The van der Waals surface area contributed by atoms with Crippen molar-refractivity contribution in [1.29, 1.82) is 0 Å². The number of hydrogen-bond acceptors (Lipinski definition) is 7. The molecule has 0 radical (unpaired) electrons. The van der Waals surface area contributed by atoms with E-state index in [4.69, 9.17) is 14.8 Å². The summed E-state index contributed by atoms with van der Waals surface area (Å²) in [4.78, 5) is 18.4. The van der Waals surface area contributed by atoms with E-state index in [9.17, 15) is 13.2 Å². The Hall–Kier alpha value is -2.26. The first-order valence-corrected chi connectivity index (χ1v) is 11.9. The van der Waals surface area contributed by atoms with Crippen molar-refractivity contribution in [3.05, 3.63) is 34.8 Å². The second-order valence-corrected chi connectivity index (χ2v) is 10.6. The lowest BCUT2D eigenvalue weighted by atomic mass is 10.1. The van der Waals surface area contributed by atoms with Gasteiger partial charge in [-0.15, -0.1) is 11.3 Å². The molecular weight excluding hydrogens is 398 g/mol. The van der Waals surface area contributed by atoms with Gasteiger partial charge in [0.15, 0.2) is 15.5 Å². The summed E-state index contributed by atoms with van der Waals surface area (Å²) < 4.78 is 30.9. The van der Waals surface area contributed by atoms with Gasteiger partial charge in [-0.25, -0.2) is 22.9 Å². The zero-order valence-electron chi connectivity index (χ0n) is 15.3. The Kier molecular flexibility index (Phi) is 4.06. The maximum absolute atomic E-state index is 12.6. The third-order valence-electron chi connectivity index (χ3n) is 5.39. The number of nitrogens with zero attached hydrogens (tertiary/aromatic N) is 3. The van der Waals surface area contributed by atoms with Crippen LogP contribution in [0.3, 0.4) is 0 Å². The quantitative estimate of drug-likeness (QED) is 0.606. The van der Waals surface area contributed by atoms with Crippen molar-refractivity contribution >= 4 is 38.2 Å². The Morgan fingerprint density at radius 1 is 1.32 bits per heavy atom. The molecule has 5 rings (SSSR count). The maximum Gasteiger partial charge on any atom is 0.338 e. The lowest BCUT2D eigenvalue weighted by Crippen LogP contribution is -2.13. The number of esters is 1. The summed E-state index contributed by atoms with van der Waals surface area (Å²) in [5.41, 5.74) is 2.54. The number of rotatable bonds is 4.